The van der Waals surface area contributed by atoms with E-state index >= 15 is 0 Å². The fourth-order valence-corrected chi connectivity index (χ4v) is 9.51. The number of allylic oxidation sites excluding steroid dienone is 4. The van der Waals surface area contributed by atoms with E-state index in [0.29, 0.717) is 22.2 Å². The third-order valence-electron chi connectivity index (χ3n) is 11.7. The predicted molar refractivity (Wildman–Crippen MR) is 133 cm³/mol. The van der Waals surface area contributed by atoms with E-state index < -0.39 is 0 Å². The van der Waals surface area contributed by atoms with Crippen LogP contribution in [0.5, 0.6) is 0 Å². The van der Waals surface area contributed by atoms with E-state index in [9.17, 15) is 5.11 Å². The van der Waals surface area contributed by atoms with Crippen molar-refractivity contribution in [1.29, 1.82) is 0 Å². The maximum atomic E-state index is 10.8. The molecule has 0 saturated heterocycles. The van der Waals surface area contributed by atoms with Gasteiger partial charge in [-0.25, -0.2) is 0 Å². The Morgan fingerprint density at radius 3 is 2.42 bits per heavy atom. The van der Waals surface area contributed by atoms with Gasteiger partial charge >= 0.3 is 0 Å². The van der Waals surface area contributed by atoms with Gasteiger partial charge in [0.15, 0.2) is 0 Å². The molecule has 1 heteroatoms. The number of fused-ring (bicyclic) bond motifs is 5. The van der Waals surface area contributed by atoms with E-state index in [1.165, 1.54) is 56.9 Å². The molecular weight excluding hydrogens is 376 g/mol. The lowest BCUT2D eigenvalue weighted by Crippen LogP contribution is -2.57. The first-order valence-corrected chi connectivity index (χ1v) is 13.4. The molecule has 1 nitrogen and oxygen atoms in total. The van der Waals surface area contributed by atoms with Crippen LogP contribution in [-0.2, 0) is 0 Å². The summed E-state index contributed by atoms with van der Waals surface area (Å²) in [5.74, 6) is 3.05. The molecule has 1 N–H and O–H groups in total. The van der Waals surface area contributed by atoms with Crippen molar-refractivity contribution >= 4 is 0 Å². The minimum Gasteiger partial charge on any atom is -0.393 e. The molecule has 4 rings (SSSR count). The second-order valence-corrected chi connectivity index (χ2v) is 13.7. The van der Waals surface area contributed by atoms with E-state index in [2.05, 4.69) is 67.5 Å². The Morgan fingerprint density at radius 1 is 1.03 bits per heavy atom. The molecule has 4 aliphatic rings. The molecule has 0 spiro atoms. The fraction of sp³-hybridized carbons (Fsp3) is 0.867. The van der Waals surface area contributed by atoms with E-state index in [0.717, 1.165) is 24.2 Å². The Kier molecular flexibility index (Phi) is 5.90. The summed E-state index contributed by atoms with van der Waals surface area (Å²) in [4.78, 5) is 0. The van der Waals surface area contributed by atoms with Crippen molar-refractivity contribution in [2.75, 3.05) is 0 Å². The lowest BCUT2D eigenvalue weighted by Gasteiger charge is -2.64. The molecular formula is C30H50O. The van der Waals surface area contributed by atoms with E-state index in [1.807, 2.05) is 0 Å². The summed E-state index contributed by atoms with van der Waals surface area (Å²) in [6.45, 7) is 19.6. The van der Waals surface area contributed by atoms with Crippen molar-refractivity contribution in [3.63, 3.8) is 0 Å². The molecule has 0 aliphatic heterocycles. The fourth-order valence-electron chi connectivity index (χ4n) is 9.51. The van der Waals surface area contributed by atoms with Crippen molar-refractivity contribution in [2.24, 2.45) is 45.3 Å². The first-order chi connectivity index (χ1) is 14.4. The van der Waals surface area contributed by atoms with Crippen LogP contribution in [0.15, 0.2) is 23.3 Å². The molecule has 0 bridgehead atoms. The normalized spacial score (nSPS) is 46.9. The zero-order chi connectivity index (χ0) is 22.8. The molecule has 3 fully saturated rings. The van der Waals surface area contributed by atoms with Gasteiger partial charge < -0.3 is 5.11 Å². The maximum absolute atomic E-state index is 10.8. The summed E-state index contributed by atoms with van der Waals surface area (Å²) < 4.78 is 0. The average molecular weight is 427 g/mol. The Balaban J connectivity index is 1.63. The molecule has 0 heterocycles. The zero-order valence-electron chi connectivity index (χ0n) is 21.9. The number of rotatable bonds is 4. The highest BCUT2D eigenvalue weighted by atomic mass is 16.3. The van der Waals surface area contributed by atoms with Gasteiger partial charge in [0.05, 0.1) is 6.10 Å². The van der Waals surface area contributed by atoms with Crippen LogP contribution in [0.25, 0.3) is 0 Å². The average Bonchev–Trinajstić information content (AvgIpc) is 2.96. The molecule has 8 atom stereocenters. The highest BCUT2D eigenvalue weighted by molar-refractivity contribution is 5.32. The number of hydrogen-bond acceptors (Lipinski definition) is 1. The maximum Gasteiger partial charge on any atom is 0.0594 e. The van der Waals surface area contributed by atoms with Crippen LogP contribution < -0.4 is 0 Å². The van der Waals surface area contributed by atoms with Crippen LogP contribution >= 0.6 is 0 Å². The second-order valence-electron chi connectivity index (χ2n) is 13.7. The first-order valence-electron chi connectivity index (χ1n) is 13.4. The Hall–Kier alpha value is -0.560. The topological polar surface area (TPSA) is 20.2 Å². The summed E-state index contributed by atoms with van der Waals surface area (Å²) >= 11 is 0. The van der Waals surface area contributed by atoms with Gasteiger partial charge in [0.1, 0.15) is 0 Å². The van der Waals surface area contributed by atoms with Gasteiger partial charge in [0.25, 0.3) is 0 Å². The van der Waals surface area contributed by atoms with E-state index in [1.54, 1.807) is 5.57 Å². The lowest BCUT2D eigenvalue weighted by atomic mass is 9.41. The highest BCUT2D eigenvalue weighted by Crippen LogP contribution is 2.73. The number of aliphatic hydroxyl groups excluding tert-OH is 1. The predicted octanol–water partition coefficient (Wildman–Crippen LogP) is 8.34. The van der Waals surface area contributed by atoms with Gasteiger partial charge in [-0.05, 0) is 117 Å². The Morgan fingerprint density at radius 2 is 1.74 bits per heavy atom. The highest BCUT2D eigenvalue weighted by Gasteiger charge is 2.65. The van der Waals surface area contributed by atoms with Crippen molar-refractivity contribution in [3.8, 4) is 0 Å². The minimum absolute atomic E-state index is 0.0398. The summed E-state index contributed by atoms with van der Waals surface area (Å²) in [6, 6.07) is 0. The van der Waals surface area contributed by atoms with Gasteiger partial charge in [-0.3, -0.25) is 0 Å². The van der Waals surface area contributed by atoms with E-state index in [-0.39, 0.29) is 11.5 Å². The molecule has 0 aromatic rings. The monoisotopic (exact) mass is 426 g/mol. The third-order valence-corrected chi connectivity index (χ3v) is 11.7. The summed E-state index contributed by atoms with van der Waals surface area (Å²) in [6.07, 6.45) is 16.5. The van der Waals surface area contributed by atoms with Crippen molar-refractivity contribution < 1.29 is 5.11 Å². The Labute approximate surface area is 193 Å². The van der Waals surface area contributed by atoms with Crippen molar-refractivity contribution in [3.05, 3.63) is 23.3 Å². The van der Waals surface area contributed by atoms with Crippen LogP contribution in [-0.4, -0.2) is 11.2 Å². The van der Waals surface area contributed by atoms with Crippen molar-refractivity contribution in [2.45, 2.75) is 119 Å². The lowest BCUT2D eigenvalue weighted by molar-refractivity contribution is -0.118. The molecule has 0 radical (unpaired) electrons. The largest absolute Gasteiger partial charge is 0.393 e. The van der Waals surface area contributed by atoms with Crippen LogP contribution in [0.4, 0.5) is 0 Å². The quantitative estimate of drug-likeness (QED) is 0.448. The minimum atomic E-state index is -0.135. The number of hydrogen-bond donors (Lipinski definition) is 1. The van der Waals surface area contributed by atoms with Crippen LogP contribution in [0.1, 0.15) is 113 Å². The molecule has 1 unspecified atom stereocenters. The van der Waals surface area contributed by atoms with E-state index in [4.69, 9.17) is 0 Å². The van der Waals surface area contributed by atoms with Gasteiger partial charge in [0.2, 0.25) is 0 Å². The first kappa shape index (κ1) is 23.6. The van der Waals surface area contributed by atoms with Gasteiger partial charge in [-0.15, -0.1) is 0 Å². The van der Waals surface area contributed by atoms with Crippen LogP contribution in [0, 0.1) is 45.3 Å². The molecule has 4 aliphatic carbocycles. The second kappa shape index (κ2) is 7.75. The SMILES string of the molecule is CC(C)=CCC[C@@H](C)[C@H]1CC[C@@]2(C)[C@@H]3CCC4C(C)(C)[C@@H](O)CC[C@]4(C)C3=CC[C@]12C. The summed E-state index contributed by atoms with van der Waals surface area (Å²) in [5, 5.41) is 10.8. The zero-order valence-corrected chi connectivity index (χ0v) is 21.9. The molecule has 3 saturated carbocycles. The van der Waals surface area contributed by atoms with Gasteiger partial charge in [-0.1, -0.05) is 64.8 Å². The molecule has 0 aromatic carbocycles. The number of aliphatic hydroxyl groups is 1. The third kappa shape index (κ3) is 3.34. The van der Waals surface area contributed by atoms with Crippen LogP contribution in [0.3, 0.4) is 0 Å². The Bertz CT molecular complexity index is 754. The molecule has 0 aromatic heterocycles. The van der Waals surface area contributed by atoms with Gasteiger partial charge in [0, 0.05) is 0 Å². The molecule has 31 heavy (non-hydrogen) atoms. The summed E-state index contributed by atoms with van der Waals surface area (Å²) in [5.41, 5.74) is 4.49. The van der Waals surface area contributed by atoms with Crippen LogP contribution in [0.2, 0.25) is 0 Å². The summed E-state index contributed by atoms with van der Waals surface area (Å²) in [7, 11) is 0. The standard InChI is InChI=1S/C30H50O/c1-20(2)10-9-11-21(3)22-14-18-30(8)24-12-13-25-27(4,5)26(31)16-17-28(25,6)23(24)15-19-29(22,30)7/h10,15,21-22,24-26,31H,9,11-14,16-19H2,1-8H3/t21-,22-,24-,25?,26+,28-,29-,30+/m1/s1. The molecule has 176 valence electrons. The van der Waals surface area contributed by atoms with Gasteiger partial charge in [-0.2, -0.15) is 0 Å². The molecule has 0 amide bonds. The smallest absolute Gasteiger partial charge is 0.0594 e. The van der Waals surface area contributed by atoms with Crippen molar-refractivity contribution in [1.82, 2.24) is 0 Å².